The molecule has 2 aromatic rings. The summed E-state index contributed by atoms with van der Waals surface area (Å²) in [6, 6.07) is 7.64. The van der Waals surface area contributed by atoms with Crippen LogP contribution >= 0.6 is 43.5 Å². The van der Waals surface area contributed by atoms with Gasteiger partial charge in [0.25, 0.3) is 0 Å². The van der Waals surface area contributed by atoms with E-state index in [9.17, 15) is 0 Å². The second kappa shape index (κ2) is 4.63. The minimum absolute atomic E-state index is 0.663. The number of aromatic nitrogens is 3. The maximum Gasteiger partial charge on any atom is 0.162 e. The fourth-order valence-electron chi connectivity index (χ4n) is 1.14. The van der Waals surface area contributed by atoms with Crippen LogP contribution in [0.15, 0.2) is 33.5 Å². The van der Waals surface area contributed by atoms with Crippen molar-refractivity contribution in [2.45, 2.75) is 6.54 Å². The van der Waals surface area contributed by atoms with Gasteiger partial charge in [-0.1, -0.05) is 28.9 Å². The molecule has 1 aromatic heterocycles. The predicted molar refractivity (Wildman–Crippen MR) is 66.0 cm³/mol. The van der Waals surface area contributed by atoms with Crippen LogP contribution in [0, 0.1) is 0 Å². The van der Waals surface area contributed by atoms with Crippen molar-refractivity contribution in [2.24, 2.45) is 0 Å². The van der Waals surface area contributed by atoms with E-state index in [2.05, 4.69) is 42.2 Å². The average Bonchev–Trinajstić information content (AvgIpc) is 2.53. The lowest BCUT2D eigenvalue weighted by atomic mass is 10.2. The van der Waals surface area contributed by atoms with Crippen LogP contribution in [-0.4, -0.2) is 15.0 Å². The molecule has 15 heavy (non-hydrogen) atoms. The third kappa shape index (κ3) is 2.59. The Labute approximate surface area is 109 Å². The molecule has 0 aliphatic heterocycles. The van der Waals surface area contributed by atoms with Crippen molar-refractivity contribution in [1.29, 1.82) is 0 Å². The lowest BCUT2D eigenvalue weighted by molar-refractivity contribution is 0.638. The van der Waals surface area contributed by atoms with Crippen molar-refractivity contribution in [3.05, 3.63) is 44.1 Å². The number of hydrogen-bond acceptors (Lipinski definition) is 2. The van der Waals surface area contributed by atoms with E-state index in [0.717, 1.165) is 15.2 Å². The molecule has 78 valence electrons. The Kier molecular flexibility index (Phi) is 3.43. The van der Waals surface area contributed by atoms with Crippen LogP contribution < -0.4 is 0 Å². The third-order valence-corrected chi connectivity index (χ3v) is 3.99. The van der Waals surface area contributed by atoms with Crippen molar-refractivity contribution >= 4 is 43.5 Å². The van der Waals surface area contributed by atoms with Crippen LogP contribution in [0.25, 0.3) is 0 Å². The molecule has 0 atom stereocenters. The highest BCUT2D eigenvalue weighted by Crippen LogP contribution is 2.20. The molecule has 6 heteroatoms. The number of benzene rings is 1. The quantitative estimate of drug-likeness (QED) is 0.829. The monoisotopic (exact) mass is 349 g/mol. The van der Waals surface area contributed by atoms with Crippen LogP contribution in [0.3, 0.4) is 0 Å². The van der Waals surface area contributed by atoms with Crippen LogP contribution in [0.5, 0.6) is 0 Å². The number of nitrogens with zero attached hydrogens (tertiary/aromatic N) is 3. The molecular weight excluding hydrogens is 345 g/mol. The molecule has 0 fully saturated rings. The van der Waals surface area contributed by atoms with Gasteiger partial charge in [-0.15, -0.1) is 5.10 Å². The van der Waals surface area contributed by atoms with Gasteiger partial charge >= 0.3 is 0 Å². The molecule has 0 aliphatic carbocycles. The van der Waals surface area contributed by atoms with Gasteiger partial charge in [-0.25, -0.2) is 4.68 Å². The molecule has 3 nitrogen and oxygen atoms in total. The molecule has 0 amide bonds. The van der Waals surface area contributed by atoms with E-state index in [0.29, 0.717) is 11.1 Å². The van der Waals surface area contributed by atoms with Gasteiger partial charge in [-0.2, -0.15) is 0 Å². The van der Waals surface area contributed by atoms with E-state index < -0.39 is 0 Å². The first kappa shape index (κ1) is 11.1. The summed E-state index contributed by atoms with van der Waals surface area (Å²) < 4.78 is 3.29. The van der Waals surface area contributed by atoms with Crippen molar-refractivity contribution in [3.8, 4) is 0 Å². The Morgan fingerprint density at radius 1 is 1.20 bits per heavy atom. The molecule has 0 saturated carbocycles. The van der Waals surface area contributed by atoms with Crippen LogP contribution in [0.2, 0.25) is 5.02 Å². The van der Waals surface area contributed by atoms with E-state index in [1.807, 2.05) is 24.3 Å². The van der Waals surface area contributed by atoms with E-state index in [-0.39, 0.29) is 0 Å². The Morgan fingerprint density at radius 2 is 1.87 bits per heavy atom. The normalized spacial score (nSPS) is 10.6. The highest BCUT2D eigenvalue weighted by atomic mass is 79.9. The van der Waals surface area contributed by atoms with Crippen molar-refractivity contribution in [2.75, 3.05) is 0 Å². The second-order valence-electron chi connectivity index (χ2n) is 2.96. The summed E-state index contributed by atoms with van der Waals surface area (Å²) in [5, 5.41) is 8.59. The lowest BCUT2D eigenvalue weighted by Crippen LogP contribution is -2.01. The summed E-state index contributed by atoms with van der Waals surface area (Å²) in [6.45, 7) is 0.663. The SMILES string of the molecule is Clc1ccc(Cn2nnc(Br)c2Br)cc1. The zero-order chi connectivity index (χ0) is 10.8. The van der Waals surface area contributed by atoms with Gasteiger partial charge in [-0.05, 0) is 49.6 Å². The summed E-state index contributed by atoms with van der Waals surface area (Å²) in [6.07, 6.45) is 0. The average molecular weight is 351 g/mol. The van der Waals surface area contributed by atoms with Crippen LogP contribution in [0.1, 0.15) is 5.56 Å². The van der Waals surface area contributed by atoms with E-state index in [1.54, 1.807) is 4.68 Å². The Bertz CT molecular complexity index is 467. The van der Waals surface area contributed by atoms with Gasteiger partial charge in [-0.3, -0.25) is 0 Å². The second-order valence-corrected chi connectivity index (χ2v) is 4.89. The molecule has 1 heterocycles. The highest BCUT2D eigenvalue weighted by Gasteiger charge is 2.07. The molecule has 1 aromatic carbocycles. The third-order valence-electron chi connectivity index (χ3n) is 1.88. The van der Waals surface area contributed by atoms with Crippen molar-refractivity contribution in [3.63, 3.8) is 0 Å². The molecular formula is C9H6Br2ClN3. The first-order chi connectivity index (χ1) is 7.16. The highest BCUT2D eigenvalue weighted by molar-refractivity contribution is 9.13. The first-order valence-corrected chi connectivity index (χ1v) is 6.12. The number of hydrogen-bond donors (Lipinski definition) is 0. The van der Waals surface area contributed by atoms with Crippen molar-refractivity contribution < 1.29 is 0 Å². The Hall–Kier alpha value is -0.390. The van der Waals surface area contributed by atoms with E-state index in [1.165, 1.54) is 0 Å². The lowest BCUT2D eigenvalue weighted by Gasteiger charge is -2.02. The first-order valence-electron chi connectivity index (χ1n) is 4.16. The van der Waals surface area contributed by atoms with E-state index >= 15 is 0 Å². The molecule has 0 bridgehead atoms. The summed E-state index contributed by atoms with van der Waals surface area (Å²) in [5.41, 5.74) is 1.12. The molecule has 0 N–H and O–H groups in total. The van der Waals surface area contributed by atoms with Crippen LogP contribution in [-0.2, 0) is 6.54 Å². The maximum atomic E-state index is 5.80. The fraction of sp³-hybridized carbons (Fsp3) is 0.111. The van der Waals surface area contributed by atoms with E-state index in [4.69, 9.17) is 11.6 Å². The standard InChI is InChI=1S/C9H6Br2ClN3/c10-8-9(11)15(14-13-8)5-6-1-3-7(12)4-2-6/h1-4H,5H2. The zero-order valence-corrected chi connectivity index (χ0v) is 11.4. The molecule has 0 unspecified atom stereocenters. The van der Waals surface area contributed by atoms with Gasteiger partial charge in [0, 0.05) is 5.02 Å². The fourth-order valence-corrected chi connectivity index (χ4v) is 1.82. The molecule has 0 radical (unpaired) electrons. The van der Waals surface area contributed by atoms with Crippen molar-refractivity contribution in [1.82, 2.24) is 15.0 Å². The van der Waals surface area contributed by atoms with Gasteiger partial charge in [0.1, 0.15) is 4.60 Å². The summed E-state index contributed by atoms with van der Waals surface area (Å²) in [7, 11) is 0. The summed E-state index contributed by atoms with van der Waals surface area (Å²) >= 11 is 12.5. The topological polar surface area (TPSA) is 30.7 Å². The number of rotatable bonds is 2. The Balaban J connectivity index is 2.22. The molecule has 0 saturated heterocycles. The summed E-state index contributed by atoms with van der Waals surface area (Å²) in [4.78, 5) is 0. The molecule has 0 aliphatic rings. The van der Waals surface area contributed by atoms with Gasteiger partial charge in [0.2, 0.25) is 0 Å². The largest absolute Gasteiger partial charge is 0.233 e. The minimum Gasteiger partial charge on any atom is -0.233 e. The maximum absolute atomic E-state index is 5.80. The van der Waals surface area contributed by atoms with Gasteiger partial charge < -0.3 is 0 Å². The zero-order valence-electron chi connectivity index (χ0n) is 7.49. The van der Waals surface area contributed by atoms with Gasteiger partial charge in [0.15, 0.2) is 4.60 Å². The predicted octanol–water partition coefficient (Wildman–Crippen LogP) is 3.50. The number of halogens is 3. The smallest absolute Gasteiger partial charge is 0.162 e. The molecule has 0 spiro atoms. The minimum atomic E-state index is 0.663. The van der Waals surface area contributed by atoms with Crippen LogP contribution in [0.4, 0.5) is 0 Å². The molecule has 2 rings (SSSR count). The Morgan fingerprint density at radius 3 is 2.40 bits per heavy atom. The van der Waals surface area contributed by atoms with Gasteiger partial charge in [0.05, 0.1) is 6.54 Å². The summed E-state index contributed by atoms with van der Waals surface area (Å²) in [5.74, 6) is 0.